The topological polar surface area (TPSA) is 84.7 Å². The van der Waals surface area contributed by atoms with Crippen LogP contribution >= 0.6 is 0 Å². The summed E-state index contributed by atoms with van der Waals surface area (Å²) in [6, 6.07) is 2.18. The molecule has 0 unspecified atom stereocenters. The minimum atomic E-state index is -0.263. The van der Waals surface area contributed by atoms with Crippen molar-refractivity contribution in [2.24, 2.45) is 5.92 Å². The van der Waals surface area contributed by atoms with Crippen molar-refractivity contribution in [2.45, 2.75) is 33.7 Å². The van der Waals surface area contributed by atoms with Gasteiger partial charge in [0, 0.05) is 37.1 Å². The van der Waals surface area contributed by atoms with Gasteiger partial charge in [-0.25, -0.2) is 9.50 Å². The number of aryl methyl sites for hydroxylation is 2. The Morgan fingerprint density at radius 1 is 1.28 bits per heavy atom. The quantitative estimate of drug-likeness (QED) is 0.863. The standard InChI is InChI=1S/C17H26N6O2/c1-11(2)14(22-5-7-25-8-6-22)10-18-16(24)15-20-17-19-12(3)9-13(4)23(17)21-15/h9,11,14H,5-8,10H2,1-4H3,(H,18,24)/t14-/m1/s1. The number of hydrogen-bond donors (Lipinski definition) is 1. The van der Waals surface area contributed by atoms with E-state index in [0.717, 1.165) is 37.7 Å². The van der Waals surface area contributed by atoms with Crippen LogP contribution in [0.5, 0.6) is 0 Å². The van der Waals surface area contributed by atoms with Gasteiger partial charge in [-0.05, 0) is 25.8 Å². The summed E-state index contributed by atoms with van der Waals surface area (Å²) in [5, 5.41) is 7.27. The van der Waals surface area contributed by atoms with Crippen LogP contribution in [-0.4, -0.2) is 69.3 Å². The summed E-state index contributed by atoms with van der Waals surface area (Å²) in [5.41, 5.74) is 1.76. The number of carbonyl (C=O) groups is 1. The van der Waals surface area contributed by atoms with Crippen molar-refractivity contribution in [1.82, 2.24) is 29.8 Å². The van der Waals surface area contributed by atoms with Gasteiger partial charge in [-0.3, -0.25) is 9.69 Å². The summed E-state index contributed by atoms with van der Waals surface area (Å²) in [4.78, 5) is 23.5. The van der Waals surface area contributed by atoms with E-state index in [0.29, 0.717) is 18.2 Å². The van der Waals surface area contributed by atoms with Gasteiger partial charge in [0.05, 0.1) is 13.2 Å². The van der Waals surface area contributed by atoms with Crippen LogP contribution in [0.25, 0.3) is 5.78 Å². The Hall–Kier alpha value is -2.06. The maximum atomic E-state index is 12.5. The van der Waals surface area contributed by atoms with Crippen LogP contribution in [0.2, 0.25) is 0 Å². The zero-order chi connectivity index (χ0) is 18.0. The summed E-state index contributed by atoms with van der Waals surface area (Å²) in [5.74, 6) is 0.780. The van der Waals surface area contributed by atoms with Gasteiger partial charge in [0.25, 0.3) is 11.7 Å². The van der Waals surface area contributed by atoms with Gasteiger partial charge >= 0.3 is 0 Å². The average Bonchev–Trinajstić information content (AvgIpc) is 3.00. The smallest absolute Gasteiger partial charge is 0.291 e. The van der Waals surface area contributed by atoms with E-state index in [4.69, 9.17) is 4.74 Å². The second-order valence-corrected chi connectivity index (χ2v) is 6.86. The molecule has 3 heterocycles. The molecule has 2 aromatic heterocycles. The molecule has 136 valence electrons. The number of nitrogens with one attached hydrogen (secondary N) is 1. The van der Waals surface area contributed by atoms with Gasteiger partial charge in [-0.1, -0.05) is 13.8 Å². The molecule has 1 atom stereocenters. The summed E-state index contributed by atoms with van der Waals surface area (Å²) in [6.45, 7) is 12.0. The lowest BCUT2D eigenvalue weighted by Gasteiger charge is -2.36. The van der Waals surface area contributed by atoms with Crippen LogP contribution in [-0.2, 0) is 4.74 Å². The summed E-state index contributed by atoms with van der Waals surface area (Å²) < 4.78 is 7.02. The molecule has 0 spiro atoms. The predicted octanol–water partition coefficient (Wildman–Crippen LogP) is 0.828. The van der Waals surface area contributed by atoms with E-state index in [2.05, 4.69) is 39.1 Å². The first-order chi connectivity index (χ1) is 12.0. The van der Waals surface area contributed by atoms with E-state index in [-0.39, 0.29) is 17.8 Å². The molecule has 8 heteroatoms. The largest absolute Gasteiger partial charge is 0.379 e. The Morgan fingerprint density at radius 2 is 2.00 bits per heavy atom. The molecule has 8 nitrogen and oxygen atoms in total. The zero-order valence-electron chi connectivity index (χ0n) is 15.3. The van der Waals surface area contributed by atoms with Crippen LogP contribution in [0, 0.1) is 19.8 Å². The number of aromatic nitrogens is 4. The normalized spacial score (nSPS) is 17.2. The van der Waals surface area contributed by atoms with Gasteiger partial charge in [0.1, 0.15) is 0 Å². The number of amides is 1. The maximum absolute atomic E-state index is 12.5. The second kappa shape index (κ2) is 7.45. The number of morpholine rings is 1. The first-order valence-electron chi connectivity index (χ1n) is 8.76. The van der Waals surface area contributed by atoms with Crippen LogP contribution in [0.15, 0.2) is 6.07 Å². The molecule has 2 aromatic rings. The second-order valence-electron chi connectivity index (χ2n) is 6.86. The molecule has 0 aliphatic carbocycles. The number of carbonyl (C=O) groups excluding carboxylic acids is 1. The molecular weight excluding hydrogens is 320 g/mol. The molecule has 1 saturated heterocycles. The minimum Gasteiger partial charge on any atom is -0.379 e. The third-order valence-electron chi connectivity index (χ3n) is 4.58. The Bertz CT molecular complexity index is 751. The Kier molecular flexibility index (Phi) is 5.29. The zero-order valence-corrected chi connectivity index (χ0v) is 15.3. The monoisotopic (exact) mass is 346 g/mol. The lowest BCUT2D eigenvalue weighted by molar-refractivity contribution is 0.00670. The highest BCUT2D eigenvalue weighted by molar-refractivity contribution is 5.90. The molecule has 1 aliphatic rings. The molecule has 0 aromatic carbocycles. The fourth-order valence-electron chi connectivity index (χ4n) is 3.23. The highest BCUT2D eigenvalue weighted by Gasteiger charge is 2.25. The molecule has 1 fully saturated rings. The van der Waals surface area contributed by atoms with Crippen molar-refractivity contribution in [3.63, 3.8) is 0 Å². The number of rotatable bonds is 5. The van der Waals surface area contributed by atoms with Crippen molar-refractivity contribution in [3.8, 4) is 0 Å². The van der Waals surface area contributed by atoms with Gasteiger partial charge < -0.3 is 10.1 Å². The lowest BCUT2D eigenvalue weighted by Crippen LogP contribution is -2.51. The molecule has 0 bridgehead atoms. The SMILES string of the molecule is Cc1cc(C)n2nc(C(=O)NC[C@H](C(C)C)N3CCOCC3)nc2n1. The third kappa shape index (κ3) is 3.96. The fourth-order valence-corrected chi connectivity index (χ4v) is 3.23. The maximum Gasteiger partial charge on any atom is 0.291 e. The Morgan fingerprint density at radius 3 is 2.68 bits per heavy atom. The van der Waals surface area contributed by atoms with E-state index in [1.54, 1.807) is 4.52 Å². The van der Waals surface area contributed by atoms with E-state index < -0.39 is 0 Å². The molecule has 1 amide bonds. The van der Waals surface area contributed by atoms with Gasteiger partial charge in [-0.2, -0.15) is 4.98 Å². The van der Waals surface area contributed by atoms with Crippen LogP contribution < -0.4 is 5.32 Å². The first kappa shape index (κ1) is 17.8. The van der Waals surface area contributed by atoms with E-state index in [1.165, 1.54) is 0 Å². The molecule has 25 heavy (non-hydrogen) atoms. The summed E-state index contributed by atoms with van der Waals surface area (Å²) in [7, 11) is 0. The Labute approximate surface area is 147 Å². The van der Waals surface area contributed by atoms with Gasteiger partial charge in [0.2, 0.25) is 5.82 Å². The van der Waals surface area contributed by atoms with Crippen molar-refractivity contribution >= 4 is 11.7 Å². The van der Waals surface area contributed by atoms with Crippen molar-refractivity contribution < 1.29 is 9.53 Å². The summed E-state index contributed by atoms with van der Waals surface area (Å²) in [6.07, 6.45) is 0. The van der Waals surface area contributed by atoms with Crippen LogP contribution in [0.4, 0.5) is 0 Å². The van der Waals surface area contributed by atoms with Crippen LogP contribution in [0.3, 0.4) is 0 Å². The van der Waals surface area contributed by atoms with Gasteiger partial charge in [-0.15, -0.1) is 5.10 Å². The van der Waals surface area contributed by atoms with Crippen molar-refractivity contribution in [3.05, 3.63) is 23.3 Å². The predicted molar refractivity (Wildman–Crippen MR) is 93.6 cm³/mol. The number of ether oxygens (including phenoxy) is 1. The number of fused-ring (bicyclic) bond motifs is 1. The fraction of sp³-hybridized carbons (Fsp3) is 0.647. The van der Waals surface area contributed by atoms with Crippen molar-refractivity contribution in [2.75, 3.05) is 32.8 Å². The first-order valence-corrected chi connectivity index (χ1v) is 8.76. The van der Waals surface area contributed by atoms with E-state index >= 15 is 0 Å². The molecule has 3 rings (SSSR count). The molecule has 1 N–H and O–H groups in total. The molecule has 1 aliphatic heterocycles. The molecule has 0 radical (unpaired) electrons. The van der Waals surface area contributed by atoms with Gasteiger partial charge in [0.15, 0.2) is 0 Å². The lowest BCUT2D eigenvalue weighted by atomic mass is 10.0. The number of hydrogen-bond acceptors (Lipinski definition) is 6. The average molecular weight is 346 g/mol. The number of nitrogens with zero attached hydrogens (tertiary/aromatic N) is 5. The van der Waals surface area contributed by atoms with Crippen LogP contribution in [0.1, 0.15) is 35.9 Å². The van der Waals surface area contributed by atoms with Crippen molar-refractivity contribution in [1.29, 1.82) is 0 Å². The summed E-state index contributed by atoms with van der Waals surface area (Å²) >= 11 is 0. The highest BCUT2D eigenvalue weighted by Crippen LogP contribution is 2.12. The highest BCUT2D eigenvalue weighted by atomic mass is 16.5. The molecule has 0 saturated carbocycles. The Balaban J connectivity index is 1.69. The molecular formula is C17H26N6O2. The van der Waals surface area contributed by atoms with E-state index in [9.17, 15) is 4.79 Å². The minimum absolute atomic E-state index is 0.158. The third-order valence-corrected chi connectivity index (χ3v) is 4.58. The van der Waals surface area contributed by atoms with E-state index in [1.807, 2.05) is 19.9 Å².